The Balaban J connectivity index is 0.000000204. The highest BCUT2D eigenvalue weighted by Crippen LogP contribution is 2.18. The van der Waals surface area contributed by atoms with Gasteiger partial charge in [0.1, 0.15) is 0 Å². The molecule has 2 rings (SSSR count). The van der Waals surface area contributed by atoms with Gasteiger partial charge in [0.25, 0.3) is 0 Å². The Morgan fingerprint density at radius 2 is 1.15 bits per heavy atom. The van der Waals surface area contributed by atoms with E-state index >= 15 is 0 Å². The Morgan fingerprint density at radius 1 is 0.700 bits per heavy atom. The second-order valence-corrected chi connectivity index (χ2v) is 5.42. The third-order valence-electron chi connectivity index (χ3n) is 3.16. The smallest absolute Gasteiger partial charge is 0.187 e. The van der Waals surface area contributed by atoms with E-state index in [-0.39, 0.29) is 0 Å². The number of hydrogen-bond donors (Lipinski definition) is 0. The van der Waals surface area contributed by atoms with Gasteiger partial charge in [-0.3, -0.25) is 0 Å². The molecule has 0 fully saturated rings. The van der Waals surface area contributed by atoms with Crippen LogP contribution in [0.3, 0.4) is 0 Å². The van der Waals surface area contributed by atoms with Crippen LogP contribution in [0.15, 0.2) is 54.6 Å². The predicted molar refractivity (Wildman–Crippen MR) is 87.3 cm³/mol. The first-order valence-electron chi connectivity index (χ1n) is 7.07. The Labute approximate surface area is 123 Å². The molecule has 2 aromatic rings. The summed E-state index contributed by atoms with van der Waals surface area (Å²) >= 11 is 0. The molecule has 0 atom stereocenters. The molecule has 0 saturated carbocycles. The standard InChI is InChI=1S/C10H11N.C9H12/c1-8(2)9-4-6-10(11-3)7-5-9;1-8(2)9-6-4-3-5-7-9/h4-8H,1-2H3;3-8H,1-2H3. The molecule has 0 N–H and O–H groups in total. The molecule has 1 heteroatoms. The molecule has 0 unspecified atom stereocenters. The van der Waals surface area contributed by atoms with Crippen molar-refractivity contribution in [2.45, 2.75) is 39.5 Å². The lowest BCUT2D eigenvalue weighted by atomic mass is 10.0. The third-order valence-corrected chi connectivity index (χ3v) is 3.16. The molecule has 0 bridgehead atoms. The van der Waals surface area contributed by atoms with Crippen molar-refractivity contribution in [3.8, 4) is 0 Å². The molecular weight excluding hydrogens is 242 g/mol. The number of rotatable bonds is 2. The molecular formula is C19H23N. The van der Waals surface area contributed by atoms with Crippen molar-refractivity contribution in [2.24, 2.45) is 0 Å². The van der Waals surface area contributed by atoms with Gasteiger partial charge in [0, 0.05) is 0 Å². The summed E-state index contributed by atoms with van der Waals surface area (Å²) in [5, 5.41) is 0. The van der Waals surface area contributed by atoms with Crippen LogP contribution < -0.4 is 0 Å². The van der Waals surface area contributed by atoms with E-state index in [2.05, 4.69) is 56.8 Å². The second kappa shape index (κ2) is 8.17. The fraction of sp³-hybridized carbons (Fsp3) is 0.316. The average molecular weight is 265 g/mol. The molecule has 0 aliphatic rings. The molecule has 0 radical (unpaired) electrons. The van der Waals surface area contributed by atoms with E-state index in [1.807, 2.05) is 30.3 Å². The first-order chi connectivity index (χ1) is 9.54. The molecule has 0 aliphatic carbocycles. The Morgan fingerprint density at radius 3 is 1.50 bits per heavy atom. The molecule has 20 heavy (non-hydrogen) atoms. The van der Waals surface area contributed by atoms with Crippen molar-refractivity contribution < 1.29 is 0 Å². The zero-order chi connectivity index (χ0) is 15.0. The second-order valence-electron chi connectivity index (χ2n) is 5.42. The minimum Gasteiger partial charge on any atom is -0.238 e. The van der Waals surface area contributed by atoms with Crippen LogP contribution in [0, 0.1) is 6.57 Å². The van der Waals surface area contributed by atoms with Gasteiger partial charge >= 0.3 is 0 Å². The SMILES string of the molecule is CC(C)c1ccccc1.[C-]#[N+]c1ccc(C(C)C)cc1. The Kier molecular flexibility index (Phi) is 6.53. The lowest BCUT2D eigenvalue weighted by molar-refractivity contribution is 0.867. The molecule has 0 aromatic heterocycles. The minimum atomic E-state index is 0.551. The van der Waals surface area contributed by atoms with Crippen molar-refractivity contribution >= 4 is 5.69 Å². The van der Waals surface area contributed by atoms with E-state index < -0.39 is 0 Å². The number of hydrogen-bond acceptors (Lipinski definition) is 0. The summed E-state index contributed by atoms with van der Waals surface area (Å²) in [6, 6.07) is 18.3. The molecule has 2 aromatic carbocycles. The van der Waals surface area contributed by atoms with Crippen molar-refractivity contribution in [3.63, 3.8) is 0 Å². The lowest BCUT2D eigenvalue weighted by Gasteiger charge is -2.03. The van der Waals surface area contributed by atoms with Gasteiger partial charge in [-0.15, -0.1) is 0 Å². The summed E-state index contributed by atoms with van der Waals surface area (Å²) in [6.45, 7) is 15.4. The maximum Gasteiger partial charge on any atom is 0.187 e. The van der Waals surface area contributed by atoms with E-state index in [4.69, 9.17) is 6.57 Å². The topological polar surface area (TPSA) is 4.36 Å². The van der Waals surface area contributed by atoms with Crippen molar-refractivity contribution in [3.05, 3.63) is 77.1 Å². The number of nitrogens with zero attached hydrogens (tertiary/aromatic N) is 1. The zero-order valence-electron chi connectivity index (χ0n) is 12.8. The van der Waals surface area contributed by atoms with Gasteiger partial charge < -0.3 is 0 Å². The summed E-state index contributed by atoms with van der Waals surface area (Å²) in [5.74, 6) is 1.21. The van der Waals surface area contributed by atoms with Crippen LogP contribution >= 0.6 is 0 Å². The van der Waals surface area contributed by atoms with E-state index in [1.165, 1.54) is 11.1 Å². The summed E-state index contributed by atoms with van der Waals surface area (Å²) in [5.41, 5.74) is 3.42. The Hall–Kier alpha value is -2.07. The van der Waals surface area contributed by atoms with Gasteiger partial charge in [-0.05, 0) is 23.0 Å². The summed E-state index contributed by atoms with van der Waals surface area (Å²) in [7, 11) is 0. The van der Waals surface area contributed by atoms with Crippen molar-refractivity contribution in [1.29, 1.82) is 0 Å². The number of benzene rings is 2. The van der Waals surface area contributed by atoms with E-state index in [0.29, 0.717) is 11.8 Å². The highest BCUT2D eigenvalue weighted by molar-refractivity contribution is 5.45. The summed E-state index contributed by atoms with van der Waals surface area (Å²) in [4.78, 5) is 3.32. The molecule has 0 heterocycles. The van der Waals surface area contributed by atoms with Crippen molar-refractivity contribution in [1.82, 2.24) is 0 Å². The molecule has 1 nitrogen and oxygen atoms in total. The van der Waals surface area contributed by atoms with E-state index in [9.17, 15) is 0 Å². The first-order valence-corrected chi connectivity index (χ1v) is 7.07. The van der Waals surface area contributed by atoms with Crippen LogP contribution in [0.1, 0.15) is 50.7 Å². The lowest BCUT2D eigenvalue weighted by Crippen LogP contribution is -1.83. The van der Waals surface area contributed by atoms with Gasteiger partial charge in [0.15, 0.2) is 5.69 Å². The minimum absolute atomic E-state index is 0.551. The normalized spacial score (nSPS) is 9.85. The molecule has 0 spiro atoms. The van der Waals surface area contributed by atoms with Gasteiger partial charge in [-0.2, -0.15) is 0 Å². The highest BCUT2D eigenvalue weighted by Gasteiger charge is 1.97. The highest BCUT2D eigenvalue weighted by atomic mass is 14.6. The summed E-state index contributed by atoms with van der Waals surface area (Å²) in [6.07, 6.45) is 0. The maximum atomic E-state index is 6.75. The monoisotopic (exact) mass is 265 g/mol. The zero-order valence-corrected chi connectivity index (χ0v) is 12.8. The molecule has 0 saturated heterocycles. The molecule has 104 valence electrons. The summed E-state index contributed by atoms with van der Waals surface area (Å²) < 4.78 is 0. The fourth-order valence-corrected chi connectivity index (χ4v) is 1.77. The van der Waals surface area contributed by atoms with Crippen LogP contribution in [-0.4, -0.2) is 0 Å². The van der Waals surface area contributed by atoms with Crippen LogP contribution in [0.5, 0.6) is 0 Å². The van der Waals surface area contributed by atoms with E-state index in [0.717, 1.165) is 5.69 Å². The molecule has 0 aliphatic heterocycles. The van der Waals surface area contributed by atoms with E-state index in [1.54, 1.807) is 0 Å². The maximum absolute atomic E-state index is 6.75. The molecule has 0 amide bonds. The largest absolute Gasteiger partial charge is 0.238 e. The van der Waals surface area contributed by atoms with Crippen molar-refractivity contribution in [2.75, 3.05) is 0 Å². The Bertz CT molecular complexity index is 530. The first kappa shape index (κ1) is 16.0. The fourth-order valence-electron chi connectivity index (χ4n) is 1.77. The quantitative estimate of drug-likeness (QED) is 0.572. The van der Waals surface area contributed by atoms with Crippen LogP contribution in [0.25, 0.3) is 4.85 Å². The van der Waals surface area contributed by atoms with Crippen LogP contribution in [-0.2, 0) is 0 Å². The van der Waals surface area contributed by atoms with Crippen LogP contribution in [0.2, 0.25) is 0 Å². The van der Waals surface area contributed by atoms with Gasteiger partial charge in [-0.1, -0.05) is 82.3 Å². The third kappa shape index (κ3) is 5.28. The van der Waals surface area contributed by atoms with Gasteiger partial charge in [0.05, 0.1) is 6.57 Å². The van der Waals surface area contributed by atoms with Crippen LogP contribution in [0.4, 0.5) is 5.69 Å². The van der Waals surface area contributed by atoms with Gasteiger partial charge in [-0.25, -0.2) is 4.85 Å². The van der Waals surface area contributed by atoms with Gasteiger partial charge in [0.2, 0.25) is 0 Å². The predicted octanol–water partition coefficient (Wildman–Crippen LogP) is 6.17. The average Bonchev–Trinajstić information content (AvgIpc) is 2.49.